The van der Waals surface area contributed by atoms with Gasteiger partial charge in [0.25, 0.3) is 0 Å². The third-order valence-electron chi connectivity index (χ3n) is 3.91. The van der Waals surface area contributed by atoms with E-state index in [9.17, 15) is 13.2 Å². The number of fused-ring (bicyclic) bond motifs is 1. The maximum atomic E-state index is 12.6. The average Bonchev–Trinajstić information content (AvgIpc) is 3.23. The first-order valence-corrected chi connectivity index (χ1v) is 11.8. The van der Waals surface area contributed by atoms with Crippen molar-refractivity contribution in [2.45, 2.75) is 20.4 Å². The van der Waals surface area contributed by atoms with Gasteiger partial charge in [-0.3, -0.25) is 9.78 Å². The molecule has 0 aliphatic carbocycles. The summed E-state index contributed by atoms with van der Waals surface area (Å²) in [6.07, 6.45) is 6.21. The molecule has 2 aromatic heterocycles. The number of pyridine rings is 1. The Morgan fingerprint density at radius 2 is 1.89 bits per heavy atom. The van der Waals surface area contributed by atoms with Gasteiger partial charge in [0.15, 0.2) is 20.6 Å². The van der Waals surface area contributed by atoms with Crippen LogP contribution in [0.15, 0.2) is 56.2 Å². The maximum absolute atomic E-state index is 12.6. The fourth-order valence-electron chi connectivity index (χ4n) is 2.60. The molecule has 3 aromatic rings. The molecule has 0 amide bonds. The minimum absolute atomic E-state index is 0.0667. The van der Waals surface area contributed by atoms with Crippen LogP contribution in [0.5, 0.6) is 0 Å². The fourth-order valence-corrected chi connectivity index (χ4v) is 6.30. The zero-order valence-corrected chi connectivity index (χ0v) is 17.9. The van der Waals surface area contributed by atoms with Crippen molar-refractivity contribution in [1.82, 2.24) is 9.97 Å². The lowest BCUT2D eigenvalue weighted by Gasteiger charge is -2.03. The zero-order valence-electron chi connectivity index (χ0n) is 13.9. The van der Waals surface area contributed by atoms with Crippen LogP contribution in [-0.2, 0) is 16.3 Å². The lowest BCUT2D eigenvalue weighted by Crippen LogP contribution is -2.04. The Labute approximate surface area is 179 Å². The topological polar surface area (TPSA) is 77.0 Å². The Hall–Kier alpha value is -1.71. The number of nitrogens with zero attached hydrogens (tertiary/aromatic N) is 2. The van der Waals surface area contributed by atoms with Gasteiger partial charge in [-0.2, -0.15) is 0 Å². The van der Waals surface area contributed by atoms with Gasteiger partial charge in [0, 0.05) is 24.2 Å². The molecular formula is C18H10Cl2N2O3S3. The molecule has 28 heavy (non-hydrogen) atoms. The van der Waals surface area contributed by atoms with Crippen molar-refractivity contribution < 1.29 is 13.2 Å². The second-order valence-electron chi connectivity index (χ2n) is 5.84. The number of Topliss-reactive ketones (excluding diaryl/α,β-unsaturated/α-hetero) is 1. The van der Waals surface area contributed by atoms with Crippen molar-refractivity contribution in [1.29, 1.82) is 0 Å². The normalized spacial score (nSPS) is 14.2. The second kappa shape index (κ2) is 7.61. The first-order valence-electron chi connectivity index (χ1n) is 7.85. The number of aromatic nitrogens is 2. The van der Waals surface area contributed by atoms with Gasteiger partial charge >= 0.3 is 0 Å². The largest absolute Gasteiger partial charge is 0.291 e. The van der Waals surface area contributed by atoms with Crippen molar-refractivity contribution in [2.75, 3.05) is 0 Å². The highest BCUT2D eigenvalue weighted by molar-refractivity contribution is 8.01. The van der Waals surface area contributed by atoms with Crippen LogP contribution in [0.2, 0.25) is 10.0 Å². The van der Waals surface area contributed by atoms with E-state index in [4.69, 9.17) is 23.2 Å². The third kappa shape index (κ3) is 3.88. The van der Waals surface area contributed by atoms with Gasteiger partial charge in [0.1, 0.15) is 0 Å². The number of hydrogen-bond donors (Lipinski definition) is 0. The molecule has 0 N–H and O–H groups in total. The number of sulfone groups is 1. The molecule has 1 aliphatic heterocycles. The Kier molecular flexibility index (Phi) is 5.32. The highest BCUT2D eigenvalue weighted by Crippen LogP contribution is 2.40. The van der Waals surface area contributed by atoms with Gasteiger partial charge in [0.2, 0.25) is 0 Å². The summed E-state index contributed by atoms with van der Waals surface area (Å²) in [7, 11) is -3.41. The van der Waals surface area contributed by atoms with Gasteiger partial charge < -0.3 is 0 Å². The third-order valence-corrected chi connectivity index (χ3v) is 8.45. The monoisotopic (exact) mass is 468 g/mol. The summed E-state index contributed by atoms with van der Waals surface area (Å²) in [5, 5.41) is 2.35. The maximum Gasteiger partial charge on any atom is 0.200 e. The molecule has 0 saturated carbocycles. The van der Waals surface area contributed by atoms with E-state index in [0.717, 1.165) is 4.21 Å². The van der Waals surface area contributed by atoms with Crippen LogP contribution in [-0.4, -0.2) is 24.2 Å². The van der Waals surface area contributed by atoms with Gasteiger partial charge in [-0.05, 0) is 23.3 Å². The molecule has 4 rings (SSSR count). The zero-order chi connectivity index (χ0) is 19.9. The summed E-state index contributed by atoms with van der Waals surface area (Å²) in [4.78, 5) is 21.6. The first kappa shape index (κ1) is 19.6. The minimum atomic E-state index is -3.41. The summed E-state index contributed by atoms with van der Waals surface area (Å²) >= 11 is 14.8. The molecule has 0 unspecified atom stereocenters. The average molecular weight is 469 g/mol. The number of rotatable bonds is 5. The van der Waals surface area contributed by atoms with E-state index >= 15 is 0 Å². The molecule has 1 aromatic carbocycles. The Bertz CT molecular complexity index is 1220. The van der Waals surface area contributed by atoms with Crippen LogP contribution >= 0.6 is 46.3 Å². The van der Waals surface area contributed by atoms with Crippen molar-refractivity contribution in [3.05, 3.63) is 68.4 Å². The standard InChI is InChI=1S/C18H10Cl2N2O3S3/c19-12-7-21-8-13(20)17(12)26-16-9-22-18(27-16)14(23)5-10-1-2-11-3-4-28(24,25)15(11)6-10/h1-4,6-9H,5H2. The van der Waals surface area contributed by atoms with Crippen molar-refractivity contribution >= 4 is 68.0 Å². The first-order chi connectivity index (χ1) is 13.3. The van der Waals surface area contributed by atoms with E-state index < -0.39 is 9.84 Å². The van der Waals surface area contributed by atoms with E-state index in [1.165, 1.54) is 40.9 Å². The summed E-state index contributed by atoms with van der Waals surface area (Å²) in [6.45, 7) is 0. The molecule has 0 bridgehead atoms. The van der Waals surface area contributed by atoms with Crippen LogP contribution in [0.1, 0.15) is 20.9 Å². The van der Waals surface area contributed by atoms with Crippen molar-refractivity contribution in [3.8, 4) is 0 Å². The number of ketones is 1. The summed E-state index contributed by atoms with van der Waals surface area (Å²) in [6, 6.07) is 5.00. The number of thiazole rings is 1. The van der Waals surface area contributed by atoms with E-state index in [1.807, 2.05) is 0 Å². The Balaban J connectivity index is 1.52. The lowest BCUT2D eigenvalue weighted by atomic mass is 10.1. The number of benzene rings is 1. The van der Waals surface area contributed by atoms with Crippen LogP contribution in [0, 0.1) is 0 Å². The molecular weight excluding hydrogens is 459 g/mol. The molecule has 0 radical (unpaired) electrons. The molecule has 0 atom stereocenters. The molecule has 0 spiro atoms. The molecule has 10 heteroatoms. The molecule has 5 nitrogen and oxygen atoms in total. The number of halogens is 2. The molecule has 0 fully saturated rings. The quantitative estimate of drug-likeness (QED) is 0.480. The molecule has 0 saturated heterocycles. The summed E-state index contributed by atoms with van der Waals surface area (Å²) in [5.74, 6) is -0.188. The Morgan fingerprint density at radius 3 is 2.64 bits per heavy atom. The van der Waals surface area contributed by atoms with Crippen molar-refractivity contribution in [3.63, 3.8) is 0 Å². The molecule has 1 aliphatic rings. The lowest BCUT2D eigenvalue weighted by molar-refractivity contribution is 0.0992. The number of carbonyl (C=O) groups is 1. The summed E-state index contributed by atoms with van der Waals surface area (Å²) < 4.78 is 24.7. The van der Waals surface area contributed by atoms with E-state index in [1.54, 1.807) is 30.5 Å². The van der Waals surface area contributed by atoms with Crippen LogP contribution in [0.3, 0.4) is 0 Å². The van der Waals surface area contributed by atoms with E-state index in [-0.39, 0.29) is 17.1 Å². The fraction of sp³-hybridized carbons (Fsp3) is 0.0556. The van der Waals surface area contributed by atoms with E-state index in [0.29, 0.717) is 31.1 Å². The second-order valence-corrected chi connectivity index (χ2v) is 10.8. The van der Waals surface area contributed by atoms with Crippen LogP contribution in [0.25, 0.3) is 6.08 Å². The predicted molar refractivity (Wildman–Crippen MR) is 111 cm³/mol. The minimum Gasteiger partial charge on any atom is -0.291 e. The van der Waals surface area contributed by atoms with Gasteiger partial charge in [-0.25, -0.2) is 13.4 Å². The highest BCUT2D eigenvalue weighted by Gasteiger charge is 2.22. The smallest absolute Gasteiger partial charge is 0.200 e. The molecule has 142 valence electrons. The SMILES string of the molecule is O=C(Cc1ccc2c(c1)S(=O)(=O)C=C2)c1ncc(Sc2c(Cl)cncc2Cl)s1. The van der Waals surface area contributed by atoms with Crippen molar-refractivity contribution in [2.24, 2.45) is 0 Å². The molecule has 3 heterocycles. The number of carbonyl (C=O) groups excluding carboxylic acids is 1. The van der Waals surface area contributed by atoms with Gasteiger partial charge in [-0.1, -0.05) is 47.1 Å². The van der Waals surface area contributed by atoms with Gasteiger partial charge in [0.05, 0.1) is 30.2 Å². The number of hydrogen-bond acceptors (Lipinski definition) is 7. The van der Waals surface area contributed by atoms with Crippen LogP contribution in [0.4, 0.5) is 0 Å². The van der Waals surface area contributed by atoms with Crippen LogP contribution < -0.4 is 0 Å². The Morgan fingerprint density at radius 1 is 1.14 bits per heavy atom. The predicted octanol–water partition coefficient (Wildman–Crippen LogP) is 5.18. The highest BCUT2D eigenvalue weighted by atomic mass is 35.5. The van der Waals surface area contributed by atoms with Gasteiger partial charge in [-0.15, -0.1) is 11.3 Å². The van der Waals surface area contributed by atoms with E-state index in [2.05, 4.69) is 9.97 Å². The summed E-state index contributed by atoms with van der Waals surface area (Å²) in [5.41, 5.74) is 1.26.